The van der Waals surface area contributed by atoms with E-state index in [4.69, 9.17) is 4.74 Å². The SMILES string of the molecule is COc1ccc(CCC[n+]2[nH]c(C)c(N=O)c2C)cc1. The molecule has 0 aliphatic heterocycles. The predicted molar refractivity (Wildman–Crippen MR) is 77.2 cm³/mol. The molecule has 5 heteroatoms. The van der Waals surface area contributed by atoms with Crippen molar-refractivity contribution in [1.29, 1.82) is 0 Å². The minimum absolute atomic E-state index is 0.523. The second kappa shape index (κ2) is 6.32. The van der Waals surface area contributed by atoms with Crippen molar-refractivity contribution in [3.8, 4) is 5.75 Å². The van der Waals surface area contributed by atoms with Crippen LogP contribution in [0.3, 0.4) is 0 Å². The number of aromatic nitrogens is 2. The Labute approximate surface area is 118 Å². The first kappa shape index (κ1) is 14.2. The third kappa shape index (κ3) is 3.04. The van der Waals surface area contributed by atoms with Gasteiger partial charge in [-0.2, -0.15) is 5.10 Å². The molecular formula is C15H20N3O2+. The molecule has 0 unspecified atom stereocenters. The maximum absolute atomic E-state index is 10.7. The van der Waals surface area contributed by atoms with E-state index in [2.05, 4.69) is 22.4 Å². The maximum atomic E-state index is 10.7. The van der Waals surface area contributed by atoms with Gasteiger partial charge in [0.1, 0.15) is 11.4 Å². The smallest absolute Gasteiger partial charge is 0.234 e. The van der Waals surface area contributed by atoms with Crippen molar-refractivity contribution in [3.05, 3.63) is 46.1 Å². The molecular weight excluding hydrogens is 254 g/mol. The second-order valence-corrected chi connectivity index (χ2v) is 4.87. The lowest BCUT2D eigenvalue weighted by molar-refractivity contribution is -0.755. The molecule has 0 aliphatic carbocycles. The monoisotopic (exact) mass is 274 g/mol. The molecule has 20 heavy (non-hydrogen) atoms. The second-order valence-electron chi connectivity index (χ2n) is 4.87. The number of methoxy groups -OCH3 is 1. The molecule has 0 aliphatic rings. The van der Waals surface area contributed by atoms with Crippen LogP contribution in [0.2, 0.25) is 0 Å². The molecule has 0 radical (unpaired) electrons. The Morgan fingerprint density at radius 1 is 1.25 bits per heavy atom. The average Bonchev–Trinajstić information content (AvgIpc) is 2.74. The van der Waals surface area contributed by atoms with Crippen molar-refractivity contribution in [1.82, 2.24) is 5.10 Å². The van der Waals surface area contributed by atoms with E-state index in [1.165, 1.54) is 5.56 Å². The highest BCUT2D eigenvalue weighted by atomic mass is 16.5. The number of nitrogens with one attached hydrogen (secondary N) is 1. The Kier molecular flexibility index (Phi) is 4.50. The number of nitroso groups, excluding NO2 is 1. The summed E-state index contributed by atoms with van der Waals surface area (Å²) in [4.78, 5) is 10.7. The number of hydrogen-bond donors (Lipinski definition) is 1. The molecule has 1 aromatic heterocycles. The van der Waals surface area contributed by atoms with Crippen molar-refractivity contribution in [2.75, 3.05) is 7.11 Å². The largest absolute Gasteiger partial charge is 0.497 e. The Hall–Kier alpha value is -2.17. The molecule has 2 aromatic rings. The van der Waals surface area contributed by atoms with Crippen LogP contribution >= 0.6 is 0 Å². The van der Waals surface area contributed by atoms with Crippen LogP contribution in [0.15, 0.2) is 29.4 Å². The minimum atomic E-state index is 0.523. The van der Waals surface area contributed by atoms with Crippen molar-refractivity contribution < 1.29 is 9.42 Å². The van der Waals surface area contributed by atoms with E-state index in [0.717, 1.165) is 36.5 Å². The molecule has 106 valence electrons. The number of hydrogen-bond acceptors (Lipinski definition) is 3. The van der Waals surface area contributed by atoms with Crippen LogP contribution in [0.1, 0.15) is 23.4 Å². The van der Waals surface area contributed by atoms with Crippen LogP contribution in [0.4, 0.5) is 5.69 Å². The topological polar surface area (TPSA) is 58.3 Å². The minimum Gasteiger partial charge on any atom is -0.497 e. The van der Waals surface area contributed by atoms with Gasteiger partial charge in [0.25, 0.3) is 0 Å². The van der Waals surface area contributed by atoms with Crippen molar-refractivity contribution >= 4 is 5.69 Å². The summed E-state index contributed by atoms with van der Waals surface area (Å²) < 4.78 is 7.12. The zero-order valence-electron chi connectivity index (χ0n) is 12.1. The lowest BCUT2D eigenvalue weighted by atomic mass is 10.1. The number of H-pyrrole nitrogens is 1. The predicted octanol–water partition coefficient (Wildman–Crippen LogP) is 2.96. The fourth-order valence-electron chi connectivity index (χ4n) is 2.33. The van der Waals surface area contributed by atoms with Gasteiger partial charge in [0, 0.05) is 13.3 Å². The van der Waals surface area contributed by atoms with Crippen LogP contribution in [-0.4, -0.2) is 12.2 Å². The molecule has 1 N–H and O–H groups in total. The lowest BCUT2D eigenvalue weighted by Crippen LogP contribution is -2.38. The Bertz CT molecular complexity index is 588. The molecule has 0 amide bonds. The van der Waals surface area contributed by atoms with Gasteiger partial charge >= 0.3 is 0 Å². The molecule has 5 nitrogen and oxygen atoms in total. The lowest BCUT2D eigenvalue weighted by Gasteiger charge is -2.02. The third-order valence-electron chi connectivity index (χ3n) is 3.50. The van der Waals surface area contributed by atoms with E-state index >= 15 is 0 Å². The van der Waals surface area contributed by atoms with Gasteiger partial charge in [0.15, 0.2) is 6.54 Å². The van der Waals surface area contributed by atoms with E-state index in [1.54, 1.807) is 7.11 Å². The van der Waals surface area contributed by atoms with Gasteiger partial charge in [-0.15, -0.1) is 9.59 Å². The molecule has 0 spiro atoms. The van der Waals surface area contributed by atoms with Crippen LogP contribution in [-0.2, 0) is 13.0 Å². The van der Waals surface area contributed by atoms with E-state index in [-0.39, 0.29) is 0 Å². The van der Waals surface area contributed by atoms with Crippen LogP contribution in [0.5, 0.6) is 5.75 Å². The summed E-state index contributed by atoms with van der Waals surface area (Å²) in [5, 5.41) is 6.23. The van der Waals surface area contributed by atoms with Gasteiger partial charge < -0.3 is 4.74 Å². The van der Waals surface area contributed by atoms with Gasteiger partial charge in [-0.05, 0) is 36.2 Å². The quantitative estimate of drug-likeness (QED) is 0.650. The highest BCUT2D eigenvalue weighted by Crippen LogP contribution is 2.18. The third-order valence-corrected chi connectivity index (χ3v) is 3.50. The van der Waals surface area contributed by atoms with E-state index in [0.29, 0.717) is 5.69 Å². The first-order valence-electron chi connectivity index (χ1n) is 6.71. The first-order chi connectivity index (χ1) is 9.65. The van der Waals surface area contributed by atoms with Crippen LogP contribution < -0.4 is 9.42 Å². The molecule has 0 atom stereocenters. The number of rotatable bonds is 6. The molecule has 0 fully saturated rings. The summed E-state index contributed by atoms with van der Waals surface area (Å²) in [5.41, 5.74) is 3.52. The molecule has 1 aromatic carbocycles. The zero-order valence-corrected chi connectivity index (χ0v) is 12.1. The molecule has 1 heterocycles. The first-order valence-corrected chi connectivity index (χ1v) is 6.71. The normalized spacial score (nSPS) is 10.6. The average molecular weight is 274 g/mol. The number of nitrogens with zero attached hydrogens (tertiary/aromatic N) is 2. The summed E-state index contributed by atoms with van der Waals surface area (Å²) in [6.45, 7) is 4.62. The van der Waals surface area contributed by atoms with E-state index in [1.807, 2.05) is 30.7 Å². The Morgan fingerprint density at radius 2 is 1.95 bits per heavy atom. The number of benzene rings is 1. The zero-order chi connectivity index (χ0) is 14.5. The summed E-state index contributed by atoms with van der Waals surface area (Å²) in [6.07, 6.45) is 1.98. The highest BCUT2D eigenvalue weighted by molar-refractivity contribution is 5.42. The van der Waals surface area contributed by atoms with Crippen LogP contribution in [0.25, 0.3) is 0 Å². The van der Waals surface area contributed by atoms with Crippen molar-refractivity contribution in [3.63, 3.8) is 0 Å². The summed E-state index contributed by atoms with van der Waals surface area (Å²) in [5.74, 6) is 0.876. The summed E-state index contributed by atoms with van der Waals surface area (Å²) in [7, 11) is 1.67. The Morgan fingerprint density at radius 3 is 2.50 bits per heavy atom. The van der Waals surface area contributed by atoms with Gasteiger partial charge in [0.2, 0.25) is 11.4 Å². The van der Waals surface area contributed by atoms with E-state index in [9.17, 15) is 4.91 Å². The fourth-order valence-corrected chi connectivity index (χ4v) is 2.33. The number of ether oxygens (including phenoxy) is 1. The van der Waals surface area contributed by atoms with Gasteiger partial charge in [-0.25, -0.2) is 0 Å². The Balaban J connectivity index is 1.94. The fraction of sp³-hybridized carbons (Fsp3) is 0.400. The van der Waals surface area contributed by atoms with E-state index < -0.39 is 0 Å². The molecule has 0 bridgehead atoms. The summed E-state index contributed by atoms with van der Waals surface area (Å²) >= 11 is 0. The summed E-state index contributed by atoms with van der Waals surface area (Å²) in [6, 6.07) is 8.10. The number of aryl methyl sites for hydroxylation is 3. The van der Waals surface area contributed by atoms with Gasteiger partial charge in [-0.3, -0.25) is 0 Å². The van der Waals surface area contributed by atoms with Crippen LogP contribution in [0, 0.1) is 18.8 Å². The van der Waals surface area contributed by atoms with Crippen molar-refractivity contribution in [2.24, 2.45) is 5.18 Å². The molecule has 0 saturated carbocycles. The molecule has 2 rings (SSSR count). The van der Waals surface area contributed by atoms with Gasteiger partial charge in [-0.1, -0.05) is 12.1 Å². The highest BCUT2D eigenvalue weighted by Gasteiger charge is 2.19. The van der Waals surface area contributed by atoms with Crippen molar-refractivity contribution in [2.45, 2.75) is 33.2 Å². The number of aromatic amines is 1. The van der Waals surface area contributed by atoms with Gasteiger partial charge in [0.05, 0.1) is 7.11 Å². The molecule has 0 saturated heterocycles. The maximum Gasteiger partial charge on any atom is 0.234 e. The standard InChI is InChI=1S/C15H19N3O2/c1-11-15(17-19)12(2)18(16-11)10-4-5-13-6-8-14(20-3)9-7-13/h6-9H,4-5,10H2,1-3H3/p+1.